The van der Waals surface area contributed by atoms with Gasteiger partial charge in [0.05, 0.1) is 10.1 Å². The summed E-state index contributed by atoms with van der Waals surface area (Å²) in [5.74, 6) is 0.189. The third kappa shape index (κ3) is 3.42. The van der Waals surface area contributed by atoms with Crippen molar-refractivity contribution in [3.05, 3.63) is 67.7 Å². The molecule has 24 heavy (non-hydrogen) atoms. The molecule has 0 atom stereocenters. The lowest BCUT2D eigenvalue weighted by molar-refractivity contribution is -0.111. The SMILES string of the molecule is CC1=CS/C(=C\C=C2/CC/C(=C\C=C3/SC=C(C)N3C)C2=O)N1C. The van der Waals surface area contributed by atoms with E-state index in [4.69, 9.17) is 0 Å². The van der Waals surface area contributed by atoms with Gasteiger partial charge in [0.1, 0.15) is 0 Å². The first-order valence-electron chi connectivity index (χ1n) is 7.98. The molecule has 1 fully saturated rings. The zero-order chi connectivity index (χ0) is 17.3. The number of carbonyl (C=O) groups is 1. The van der Waals surface area contributed by atoms with E-state index < -0.39 is 0 Å². The van der Waals surface area contributed by atoms with Gasteiger partial charge in [-0.15, -0.1) is 0 Å². The zero-order valence-electron chi connectivity index (χ0n) is 14.5. The van der Waals surface area contributed by atoms with Crippen molar-refractivity contribution < 1.29 is 4.79 Å². The molecule has 2 aliphatic heterocycles. The van der Waals surface area contributed by atoms with Gasteiger partial charge in [-0.2, -0.15) is 0 Å². The van der Waals surface area contributed by atoms with E-state index in [-0.39, 0.29) is 5.78 Å². The molecule has 3 nitrogen and oxygen atoms in total. The van der Waals surface area contributed by atoms with Crippen LogP contribution in [0.5, 0.6) is 0 Å². The molecule has 0 spiro atoms. The predicted molar refractivity (Wildman–Crippen MR) is 105 cm³/mol. The molecule has 2 heterocycles. The average Bonchev–Trinajstić information content (AvgIpc) is 3.19. The molecule has 1 aliphatic carbocycles. The number of hydrogen-bond acceptors (Lipinski definition) is 5. The molecule has 0 unspecified atom stereocenters. The predicted octanol–water partition coefficient (Wildman–Crippen LogP) is 4.96. The van der Waals surface area contributed by atoms with Crippen molar-refractivity contribution in [1.29, 1.82) is 0 Å². The maximum Gasteiger partial charge on any atom is 0.185 e. The molecular weight excluding hydrogens is 336 g/mol. The Hall–Kier alpha value is -1.59. The normalized spacial score (nSPS) is 28.1. The van der Waals surface area contributed by atoms with Crippen LogP contribution in [0.4, 0.5) is 0 Å². The fourth-order valence-electron chi connectivity index (χ4n) is 2.62. The van der Waals surface area contributed by atoms with Crippen LogP contribution in [0.3, 0.4) is 0 Å². The van der Waals surface area contributed by atoms with Crippen molar-refractivity contribution in [1.82, 2.24) is 9.80 Å². The van der Waals surface area contributed by atoms with E-state index >= 15 is 0 Å². The van der Waals surface area contributed by atoms with Crippen LogP contribution in [0.15, 0.2) is 67.7 Å². The van der Waals surface area contributed by atoms with Gasteiger partial charge in [0.25, 0.3) is 0 Å². The van der Waals surface area contributed by atoms with Crippen LogP contribution in [-0.2, 0) is 4.79 Å². The van der Waals surface area contributed by atoms with Gasteiger partial charge in [-0.05, 0) is 49.7 Å². The highest BCUT2D eigenvalue weighted by Crippen LogP contribution is 2.35. The van der Waals surface area contributed by atoms with Gasteiger partial charge in [-0.25, -0.2) is 0 Å². The molecule has 126 valence electrons. The molecule has 0 saturated heterocycles. The first-order valence-corrected chi connectivity index (χ1v) is 9.74. The van der Waals surface area contributed by atoms with Crippen molar-refractivity contribution in [3.8, 4) is 0 Å². The summed E-state index contributed by atoms with van der Waals surface area (Å²) in [5, 5.41) is 6.59. The number of Topliss-reactive ketones (excluding diaryl/α,β-unsaturated/α-hetero) is 1. The van der Waals surface area contributed by atoms with Crippen LogP contribution in [0, 0.1) is 0 Å². The van der Waals surface area contributed by atoms with Crippen molar-refractivity contribution in [2.24, 2.45) is 0 Å². The molecule has 0 aromatic carbocycles. The highest BCUT2D eigenvalue weighted by Gasteiger charge is 2.23. The Morgan fingerprint density at radius 3 is 1.58 bits per heavy atom. The third-order valence-corrected chi connectivity index (χ3v) is 6.74. The summed E-state index contributed by atoms with van der Waals surface area (Å²) in [4.78, 5) is 16.8. The van der Waals surface area contributed by atoms with E-state index in [1.165, 1.54) is 11.4 Å². The Kier molecular flexibility index (Phi) is 5.11. The summed E-state index contributed by atoms with van der Waals surface area (Å²) >= 11 is 3.40. The van der Waals surface area contributed by atoms with Gasteiger partial charge in [-0.1, -0.05) is 35.7 Å². The van der Waals surface area contributed by atoms with Gasteiger partial charge in [0.15, 0.2) is 5.78 Å². The molecule has 1 saturated carbocycles. The van der Waals surface area contributed by atoms with E-state index in [1.807, 2.05) is 12.2 Å². The average molecular weight is 359 g/mol. The molecule has 3 aliphatic rings. The molecule has 0 aromatic heterocycles. The fraction of sp³-hybridized carbons (Fsp3) is 0.316. The minimum atomic E-state index is 0.189. The van der Waals surface area contributed by atoms with Crippen LogP contribution < -0.4 is 0 Å². The largest absolute Gasteiger partial charge is 0.343 e. The number of ketones is 1. The Bertz CT molecular complexity index is 691. The van der Waals surface area contributed by atoms with Gasteiger partial charge in [-0.3, -0.25) is 4.79 Å². The lowest BCUT2D eigenvalue weighted by Crippen LogP contribution is -2.08. The molecule has 5 heteroatoms. The van der Waals surface area contributed by atoms with E-state index in [9.17, 15) is 4.79 Å². The first kappa shape index (κ1) is 17.2. The lowest BCUT2D eigenvalue weighted by atomic mass is 10.1. The van der Waals surface area contributed by atoms with Crippen LogP contribution in [0.2, 0.25) is 0 Å². The summed E-state index contributed by atoms with van der Waals surface area (Å²) in [7, 11) is 4.10. The number of allylic oxidation sites excluding steroid dienone is 8. The molecule has 3 rings (SSSR count). The number of rotatable bonds is 2. The summed E-state index contributed by atoms with van der Waals surface area (Å²) < 4.78 is 0. The second-order valence-electron chi connectivity index (χ2n) is 6.09. The maximum absolute atomic E-state index is 12.5. The van der Waals surface area contributed by atoms with E-state index in [0.29, 0.717) is 0 Å². The molecule has 0 bridgehead atoms. The molecule has 0 amide bonds. The standard InChI is InChI=1S/C19H22N2OS2/c1-13-11-23-17(20(13)3)9-7-15-5-6-16(19(15)22)8-10-18-21(4)14(2)12-24-18/h7-12H,5-6H2,1-4H3/b15-7+,16-8+,17-9-,18-10-. The minimum absolute atomic E-state index is 0.189. The summed E-state index contributed by atoms with van der Waals surface area (Å²) in [6.45, 7) is 4.18. The van der Waals surface area contributed by atoms with Crippen molar-refractivity contribution in [3.63, 3.8) is 0 Å². The van der Waals surface area contributed by atoms with Crippen LogP contribution in [0.25, 0.3) is 0 Å². The van der Waals surface area contributed by atoms with E-state index in [1.54, 1.807) is 23.5 Å². The van der Waals surface area contributed by atoms with Gasteiger partial charge >= 0.3 is 0 Å². The molecule has 0 radical (unpaired) electrons. The summed E-state index contributed by atoms with van der Waals surface area (Å²) in [6, 6.07) is 0. The van der Waals surface area contributed by atoms with Crippen LogP contribution in [0.1, 0.15) is 26.7 Å². The summed E-state index contributed by atoms with van der Waals surface area (Å²) in [5.41, 5.74) is 4.29. The van der Waals surface area contributed by atoms with Crippen molar-refractivity contribution in [2.75, 3.05) is 14.1 Å². The van der Waals surface area contributed by atoms with Gasteiger partial charge in [0.2, 0.25) is 0 Å². The highest BCUT2D eigenvalue weighted by atomic mass is 32.2. The molecule has 0 aromatic rings. The molecule has 0 N–H and O–H groups in total. The van der Waals surface area contributed by atoms with E-state index in [0.717, 1.165) is 34.0 Å². The third-order valence-electron chi connectivity index (χ3n) is 4.52. The molecular formula is C19H22N2OS2. The quantitative estimate of drug-likeness (QED) is 0.649. The first-order chi connectivity index (χ1) is 11.5. The number of thioether (sulfide) groups is 2. The Morgan fingerprint density at radius 2 is 1.25 bits per heavy atom. The number of carbonyl (C=O) groups excluding carboxylic acids is 1. The number of hydrogen-bond donors (Lipinski definition) is 0. The lowest BCUT2D eigenvalue weighted by Gasteiger charge is -2.13. The van der Waals surface area contributed by atoms with Crippen LogP contribution >= 0.6 is 23.5 Å². The maximum atomic E-state index is 12.5. The Morgan fingerprint density at radius 1 is 0.833 bits per heavy atom. The van der Waals surface area contributed by atoms with Crippen LogP contribution in [-0.4, -0.2) is 29.7 Å². The second-order valence-corrected chi connectivity index (χ2v) is 7.87. The Balaban J connectivity index is 1.70. The van der Waals surface area contributed by atoms with Gasteiger partial charge in [0, 0.05) is 36.6 Å². The monoisotopic (exact) mass is 358 g/mol. The van der Waals surface area contributed by atoms with Gasteiger partial charge < -0.3 is 9.80 Å². The summed E-state index contributed by atoms with van der Waals surface area (Å²) in [6.07, 6.45) is 9.76. The van der Waals surface area contributed by atoms with E-state index in [2.05, 4.69) is 60.7 Å². The Labute approximate surface area is 152 Å². The topological polar surface area (TPSA) is 23.6 Å². The second kappa shape index (κ2) is 7.11. The van der Waals surface area contributed by atoms with Crippen molar-refractivity contribution in [2.45, 2.75) is 26.7 Å². The minimum Gasteiger partial charge on any atom is -0.343 e. The highest BCUT2D eigenvalue weighted by molar-refractivity contribution is 8.06. The zero-order valence-corrected chi connectivity index (χ0v) is 16.1. The van der Waals surface area contributed by atoms with Crippen molar-refractivity contribution >= 4 is 29.3 Å². The number of nitrogens with zero attached hydrogens (tertiary/aromatic N) is 2. The fourth-order valence-corrected chi connectivity index (χ4v) is 4.42. The smallest absolute Gasteiger partial charge is 0.185 e.